The van der Waals surface area contributed by atoms with Crippen molar-refractivity contribution in [1.29, 1.82) is 0 Å². The summed E-state index contributed by atoms with van der Waals surface area (Å²) < 4.78 is 37.0. The van der Waals surface area contributed by atoms with Crippen molar-refractivity contribution in [3.05, 3.63) is 97.1 Å². The molecular weight excluding hydrogens is 1080 g/mol. The first-order valence-corrected chi connectivity index (χ1v) is 30.2. The summed E-state index contributed by atoms with van der Waals surface area (Å²) in [5.74, 6) is 0.0134. The molecule has 0 aliphatic carbocycles. The molecule has 8 rings (SSSR count). The highest BCUT2D eigenvalue weighted by molar-refractivity contribution is 14.1. The second kappa shape index (κ2) is 25.2. The van der Waals surface area contributed by atoms with Crippen molar-refractivity contribution in [1.82, 2.24) is 42.6 Å². The molecule has 0 bridgehead atoms. The molecular formula is C50H77IN12O8Si2. The van der Waals surface area contributed by atoms with Crippen LogP contribution in [0.25, 0.3) is 22.3 Å². The van der Waals surface area contributed by atoms with E-state index in [2.05, 4.69) is 108 Å². The van der Waals surface area contributed by atoms with Crippen molar-refractivity contribution in [2.75, 3.05) is 30.9 Å². The summed E-state index contributed by atoms with van der Waals surface area (Å²) in [5.41, 5.74) is 9.38. The van der Waals surface area contributed by atoms with Crippen molar-refractivity contribution in [2.45, 2.75) is 142 Å². The quantitative estimate of drug-likeness (QED) is 0.0381. The van der Waals surface area contributed by atoms with E-state index >= 15 is 0 Å². The van der Waals surface area contributed by atoms with Crippen LogP contribution in [0, 0.1) is 5.92 Å². The molecule has 0 radical (unpaired) electrons. The van der Waals surface area contributed by atoms with Gasteiger partial charge in [-0.05, 0) is 67.6 Å². The summed E-state index contributed by atoms with van der Waals surface area (Å²) in [6.45, 7) is 23.5. The molecule has 0 unspecified atom stereocenters. The number of aromatic nitrogens is 8. The number of amides is 2. The summed E-state index contributed by atoms with van der Waals surface area (Å²) in [4.78, 5) is 51.6. The zero-order valence-electron chi connectivity index (χ0n) is 43.4. The molecule has 23 heteroatoms. The largest absolute Gasteiger partial charge is 0.409 e. The maximum absolute atomic E-state index is 12.7. The Morgan fingerprint density at radius 3 is 1.45 bits per heavy atom. The van der Waals surface area contributed by atoms with Crippen molar-refractivity contribution >= 4 is 85.3 Å². The molecule has 2 amide bonds. The van der Waals surface area contributed by atoms with Gasteiger partial charge in [-0.2, -0.15) is 0 Å². The molecule has 2 fully saturated rings. The predicted octanol–water partition coefficient (Wildman–Crippen LogP) is 8.51. The van der Waals surface area contributed by atoms with E-state index < -0.39 is 47.3 Å². The van der Waals surface area contributed by atoms with Crippen LogP contribution in [0.3, 0.4) is 0 Å². The van der Waals surface area contributed by atoms with Crippen LogP contribution in [-0.4, -0.2) is 128 Å². The number of nitrogens with two attached hydrogens (primary N) is 1. The molecule has 4 aromatic heterocycles. The van der Waals surface area contributed by atoms with Gasteiger partial charge in [-0.15, -0.1) is 0 Å². The van der Waals surface area contributed by atoms with E-state index in [9.17, 15) is 19.8 Å². The van der Waals surface area contributed by atoms with Crippen molar-refractivity contribution < 1.29 is 39.5 Å². The average molecular weight is 1160 g/mol. The first kappa shape index (κ1) is 59.2. The Morgan fingerprint density at radius 1 is 0.699 bits per heavy atom. The highest BCUT2D eigenvalue weighted by Crippen LogP contribution is 2.45. The van der Waals surface area contributed by atoms with Gasteiger partial charge in [0.1, 0.15) is 26.3 Å². The number of hydrogen-bond acceptors (Lipinski definition) is 16. The van der Waals surface area contributed by atoms with Crippen molar-refractivity contribution in [3.63, 3.8) is 0 Å². The molecule has 2 aliphatic heterocycles. The van der Waals surface area contributed by atoms with Gasteiger partial charge in [-0.25, -0.2) is 29.9 Å². The molecule has 8 atom stereocenters. The van der Waals surface area contributed by atoms with E-state index in [0.29, 0.717) is 45.1 Å². The number of ether oxygens (including phenoxy) is 2. The fraction of sp³-hybridized carbons (Fsp3) is 0.520. The molecule has 7 N–H and O–H groups in total. The van der Waals surface area contributed by atoms with E-state index in [1.54, 1.807) is 72.8 Å². The first-order valence-electron chi connectivity index (χ1n) is 23.8. The molecule has 73 heavy (non-hydrogen) atoms. The molecule has 0 saturated carbocycles. The number of nitrogens with one attached hydrogen (secondary N) is 3. The van der Waals surface area contributed by atoms with Gasteiger partial charge < -0.3 is 44.9 Å². The lowest BCUT2D eigenvalue weighted by atomic mass is 10.0. The minimum Gasteiger partial charge on any atom is -0.409 e. The maximum atomic E-state index is 12.7. The van der Waals surface area contributed by atoms with Crippen molar-refractivity contribution in [3.8, 4) is 0 Å². The van der Waals surface area contributed by atoms with Crippen LogP contribution in [0.1, 0.15) is 96.5 Å². The average Bonchev–Trinajstić information content (AvgIpc) is 4.10. The lowest BCUT2D eigenvalue weighted by Gasteiger charge is -2.40. The number of hydrogen-bond donors (Lipinski definition) is 6. The van der Waals surface area contributed by atoms with Crippen LogP contribution >= 0.6 is 22.9 Å². The summed E-state index contributed by atoms with van der Waals surface area (Å²) in [6, 6.07) is 17.3. The number of imidazole rings is 2. The Hall–Kier alpha value is -4.68. The number of aliphatic hydroxyl groups is 2. The fourth-order valence-corrected chi connectivity index (χ4v) is 10.2. The molecule has 2 aliphatic rings. The van der Waals surface area contributed by atoms with Crippen LogP contribution in [0.5, 0.6) is 0 Å². The highest BCUT2D eigenvalue weighted by Gasteiger charge is 2.51. The Balaban J connectivity index is 0.000000291. The van der Waals surface area contributed by atoms with E-state index in [1.165, 1.54) is 16.2 Å². The standard InChI is InChI=1S/C24H33N5O4Si.C23H32N6O4Si.CH4IN.2CH4/c1-15-17(12-30)32-23(19(15)33-34(5,6)24(2,3)4)29-14-27-18-20(25-13-26-21(18)29)28-22(31)16-10-8-7-9-11-16;1-23(2,3)34(4,5)33-18-16(24)15(11-30)32-22(18)29-13-27-17-19(25-12-26-20(17)29)28-21(31)14-9-7-6-8-10-14;1-3-2;;/h7-11,13-15,17,19,23,30H,12H2,1-6H3,(H,25,26,28,31);6-10,12-13,15-16,18,22,30H,11,24H2,1-5H3,(H,25,26,28,31);3H,1H3;2*1H4/t15-,17-,19-,23-;15-,16-,18-,22-;;;/m11.../s1/i/hT. The number of benzene rings is 2. The summed E-state index contributed by atoms with van der Waals surface area (Å²) in [7, 11) is -2.69. The third-order valence-electron chi connectivity index (χ3n) is 13.7. The second-order valence-electron chi connectivity index (χ2n) is 20.5. The maximum Gasteiger partial charge on any atom is 0.256 e. The molecule has 6 aromatic rings. The number of carbonyl (C=O) groups is 2. The van der Waals surface area contributed by atoms with Gasteiger partial charge in [0.05, 0.1) is 44.1 Å². The molecule has 20 nitrogen and oxygen atoms in total. The predicted molar refractivity (Wildman–Crippen MR) is 299 cm³/mol. The van der Waals surface area contributed by atoms with Gasteiger partial charge in [0.25, 0.3) is 11.8 Å². The topological polar surface area (TPSA) is 261 Å². The Kier molecular flexibility index (Phi) is 20.5. The second-order valence-corrected chi connectivity index (χ2v) is 31.0. The van der Waals surface area contributed by atoms with Crippen molar-refractivity contribution in [2.24, 2.45) is 11.7 Å². The van der Waals surface area contributed by atoms with E-state index in [-0.39, 0.29) is 68.1 Å². The number of halogens is 1. The van der Waals surface area contributed by atoms with Gasteiger partial charge in [0.15, 0.2) is 63.1 Å². The third-order valence-corrected chi connectivity index (χ3v) is 22.7. The van der Waals surface area contributed by atoms with Gasteiger partial charge in [-0.1, -0.05) is 99.7 Å². The normalized spacial score (nSPS) is 22.3. The fourth-order valence-electron chi connectivity index (χ4n) is 7.56. The zero-order chi connectivity index (χ0) is 52.9. The smallest absolute Gasteiger partial charge is 0.256 e. The van der Waals surface area contributed by atoms with E-state index in [4.69, 9.17) is 25.5 Å². The Bertz CT molecular complexity index is 2580. The van der Waals surface area contributed by atoms with Gasteiger partial charge in [0, 0.05) is 39.9 Å². The monoisotopic (exact) mass is 1160 g/mol. The molecule has 400 valence electrons. The molecule has 6 heterocycles. The molecule has 2 saturated heterocycles. The number of carbonyl (C=O) groups excluding carboxylic acids is 2. The Labute approximate surface area is 447 Å². The lowest BCUT2D eigenvalue weighted by Crippen LogP contribution is -2.51. The third kappa shape index (κ3) is 13.6. The number of rotatable bonds is 12. The van der Waals surface area contributed by atoms with Crippen LogP contribution in [0.4, 0.5) is 11.6 Å². The number of aliphatic hydroxyl groups excluding tert-OH is 2. The number of anilines is 2. The van der Waals surface area contributed by atoms with E-state index in [1.807, 2.05) is 46.5 Å². The highest BCUT2D eigenvalue weighted by atomic mass is 127. The summed E-state index contributed by atoms with van der Waals surface area (Å²) in [6.07, 6.45) is 3.08. The van der Waals surface area contributed by atoms with Gasteiger partial charge in [0.2, 0.25) is 0 Å². The number of fused-ring (bicyclic) bond motifs is 2. The van der Waals surface area contributed by atoms with Gasteiger partial charge >= 0.3 is 0 Å². The number of nitrogens with zero attached hydrogens (tertiary/aromatic N) is 8. The van der Waals surface area contributed by atoms with Crippen LogP contribution in [0.15, 0.2) is 86.0 Å². The van der Waals surface area contributed by atoms with Crippen LogP contribution < -0.4 is 19.9 Å². The van der Waals surface area contributed by atoms with Crippen LogP contribution in [0.2, 0.25) is 37.7 Å². The Morgan fingerprint density at radius 2 is 1.07 bits per heavy atom. The zero-order valence-corrected chi connectivity index (χ0v) is 46.6. The van der Waals surface area contributed by atoms with Crippen LogP contribution in [-0.2, 0) is 18.3 Å². The van der Waals surface area contributed by atoms with Gasteiger partial charge in [-0.3, -0.25) is 22.2 Å². The lowest BCUT2D eigenvalue weighted by molar-refractivity contribution is -0.0467. The minimum absolute atomic E-state index is 0. The summed E-state index contributed by atoms with van der Waals surface area (Å²) >= 11 is 1.84. The summed E-state index contributed by atoms with van der Waals surface area (Å²) in [5, 5.41) is 25.4. The molecule has 2 aromatic carbocycles. The molecule has 0 spiro atoms. The first-order chi connectivity index (χ1) is 33.8. The SMILES string of the molecule is C.C.CC(C)(C)[Si](C)(C)O[C@@H]1[C@H](N)[C@@H](CO)O[C@H]1n1cnc2c(NC(=O)c3ccccc3)ncnc21.C[C@H]1[C@@H](O[Si](C)(C)C(C)(C)C)[C@H](n2cnc3c(NC(=O)c4ccccc4)ncnc32)O[C@@H]1CO.[3H]N(C)I. The minimum atomic E-state index is -2.21. The van der Waals surface area contributed by atoms with E-state index in [0.717, 1.165) is 0 Å².